The maximum atomic E-state index is 9.00. The van der Waals surface area contributed by atoms with Crippen molar-refractivity contribution in [2.45, 2.75) is 26.3 Å². The summed E-state index contributed by atoms with van der Waals surface area (Å²) >= 11 is 0. The maximum absolute atomic E-state index is 9.00. The van der Waals surface area contributed by atoms with Gasteiger partial charge in [0.05, 0.1) is 0 Å². The van der Waals surface area contributed by atoms with Crippen molar-refractivity contribution in [1.29, 1.82) is 0 Å². The zero-order chi connectivity index (χ0) is 10.1. The van der Waals surface area contributed by atoms with Crippen LogP contribution in [0.4, 0.5) is 4.79 Å². The average Bonchev–Trinajstić information content (AvgIpc) is 2.51. The molecule has 1 aromatic heterocycles. The minimum absolute atomic E-state index is 0.833. The number of urea groups is 1. The Morgan fingerprint density at radius 3 is 2.23 bits per heavy atom. The Morgan fingerprint density at radius 1 is 1.38 bits per heavy atom. The summed E-state index contributed by atoms with van der Waals surface area (Å²) in [6.45, 7) is 3.22. The number of carbonyl (C=O) groups excluding carboxylic acids is 1. The summed E-state index contributed by atoms with van der Waals surface area (Å²) in [6.07, 6.45) is 5.92. The summed E-state index contributed by atoms with van der Waals surface area (Å²) in [4.78, 5) is 9.00. The quantitative estimate of drug-likeness (QED) is 0.698. The molecule has 74 valence electrons. The minimum atomic E-state index is -0.833. The zero-order valence-corrected chi connectivity index (χ0v) is 7.68. The SMILES string of the molecule is CCCCn1cnnc1.NC(N)=O. The Balaban J connectivity index is 0.000000310. The molecule has 0 aliphatic carbocycles. The Hall–Kier alpha value is -1.59. The smallest absolute Gasteiger partial charge is 0.309 e. The van der Waals surface area contributed by atoms with Gasteiger partial charge in [-0.1, -0.05) is 13.3 Å². The number of hydrogen-bond acceptors (Lipinski definition) is 3. The van der Waals surface area contributed by atoms with E-state index in [1.54, 1.807) is 12.7 Å². The summed E-state index contributed by atoms with van der Waals surface area (Å²) in [5.41, 5.74) is 8.50. The summed E-state index contributed by atoms with van der Waals surface area (Å²) < 4.78 is 1.99. The highest BCUT2D eigenvalue weighted by molar-refractivity contribution is 5.69. The molecular weight excluding hydrogens is 170 g/mol. The van der Waals surface area contributed by atoms with Gasteiger partial charge in [0.2, 0.25) is 0 Å². The number of unbranched alkanes of at least 4 members (excludes halogenated alkanes) is 1. The van der Waals surface area contributed by atoms with Crippen molar-refractivity contribution in [2.24, 2.45) is 11.5 Å². The zero-order valence-electron chi connectivity index (χ0n) is 7.68. The first-order valence-corrected chi connectivity index (χ1v) is 4.04. The van der Waals surface area contributed by atoms with Crippen LogP contribution < -0.4 is 11.5 Å². The lowest BCUT2D eigenvalue weighted by molar-refractivity contribution is 0.256. The van der Waals surface area contributed by atoms with E-state index in [1.165, 1.54) is 12.8 Å². The molecule has 2 amide bonds. The van der Waals surface area contributed by atoms with Gasteiger partial charge in [-0.3, -0.25) is 0 Å². The minimum Gasteiger partial charge on any atom is -0.352 e. The second-order valence-corrected chi connectivity index (χ2v) is 2.46. The van der Waals surface area contributed by atoms with Gasteiger partial charge in [0.25, 0.3) is 0 Å². The molecule has 1 rings (SSSR count). The van der Waals surface area contributed by atoms with E-state index in [0.29, 0.717) is 0 Å². The van der Waals surface area contributed by atoms with Crippen LogP contribution in [0.2, 0.25) is 0 Å². The van der Waals surface area contributed by atoms with Gasteiger partial charge in [-0.15, -0.1) is 10.2 Å². The van der Waals surface area contributed by atoms with E-state index in [4.69, 9.17) is 4.79 Å². The van der Waals surface area contributed by atoms with E-state index in [1.807, 2.05) is 4.57 Å². The van der Waals surface area contributed by atoms with E-state index in [0.717, 1.165) is 6.54 Å². The standard InChI is InChI=1S/C6H11N3.CH4N2O/c1-2-3-4-9-5-7-8-6-9;2-1(3)4/h5-6H,2-4H2,1H3;(H4,2,3,4). The number of aryl methyl sites for hydroxylation is 1. The number of hydrogen-bond donors (Lipinski definition) is 2. The lowest BCUT2D eigenvalue weighted by atomic mass is 10.3. The number of rotatable bonds is 3. The highest BCUT2D eigenvalue weighted by Crippen LogP contribution is 1.90. The van der Waals surface area contributed by atoms with E-state index in [2.05, 4.69) is 28.6 Å². The predicted octanol–water partition coefficient (Wildman–Crippen LogP) is 0.102. The van der Waals surface area contributed by atoms with Crippen LogP contribution in [0.15, 0.2) is 12.7 Å². The Labute approximate surface area is 76.9 Å². The molecule has 6 heteroatoms. The van der Waals surface area contributed by atoms with Crippen LogP contribution in [-0.2, 0) is 6.54 Å². The van der Waals surface area contributed by atoms with Crippen molar-refractivity contribution < 1.29 is 4.79 Å². The van der Waals surface area contributed by atoms with Crippen LogP contribution in [0.3, 0.4) is 0 Å². The lowest BCUT2D eigenvalue weighted by Crippen LogP contribution is -2.18. The van der Waals surface area contributed by atoms with Crippen LogP contribution >= 0.6 is 0 Å². The number of nitrogens with zero attached hydrogens (tertiary/aromatic N) is 3. The van der Waals surface area contributed by atoms with E-state index >= 15 is 0 Å². The molecule has 0 saturated carbocycles. The molecule has 6 nitrogen and oxygen atoms in total. The van der Waals surface area contributed by atoms with Gasteiger partial charge in [0, 0.05) is 6.54 Å². The summed E-state index contributed by atoms with van der Waals surface area (Å²) in [5, 5.41) is 7.38. The van der Waals surface area contributed by atoms with Crippen LogP contribution in [0.25, 0.3) is 0 Å². The molecule has 13 heavy (non-hydrogen) atoms. The van der Waals surface area contributed by atoms with Gasteiger partial charge in [0.15, 0.2) is 0 Å². The third kappa shape index (κ3) is 8.32. The monoisotopic (exact) mass is 185 g/mol. The van der Waals surface area contributed by atoms with Gasteiger partial charge in [-0.2, -0.15) is 0 Å². The number of nitrogens with two attached hydrogens (primary N) is 2. The van der Waals surface area contributed by atoms with Crippen molar-refractivity contribution in [1.82, 2.24) is 14.8 Å². The van der Waals surface area contributed by atoms with Gasteiger partial charge in [0.1, 0.15) is 12.7 Å². The molecule has 0 aliphatic rings. The first-order chi connectivity index (χ1) is 6.16. The van der Waals surface area contributed by atoms with Crippen molar-refractivity contribution in [3.8, 4) is 0 Å². The number of aromatic nitrogens is 3. The summed E-state index contributed by atoms with van der Waals surface area (Å²) in [5.74, 6) is 0. The highest BCUT2D eigenvalue weighted by atomic mass is 16.2. The Kier molecular flexibility index (Phi) is 6.21. The largest absolute Gasteiger partial charge is 0.352 e. The van der Waals surface area contributed by atoms with Gasteiger partial charge >= 0.3 is 6.03 Å². The van der Waals surface area contributed by atoms with Crippen molar-refractivity contribution >= 4 is 6.03 Å². The molecule has 0 unspecified atom stereocenters. The van der Waals surface area contributed by atoms with Gasteiger partial charge in [-0.25, -0.2) is 4.79 Å². The number of carbonyl (C=O) groups is 1. The first kappa shape index (κ1) is 11.4. The van der Waals surface area contributed by atoms with Crippen LogP contribution in [0, 0.1) is 0 Å². The molecule has 4 N–H and O–H groups in total. The molecule has 0 aliphatic heterocycles. The fraction of sp³-hybridized carbons (Fsp3) is 0.571. The molecule has 0 atom stereocenters. The molecule has 0 fully saturated rings. The van der Waals surface area contributed by atoms with E-state index in [-0.39, 0.29) is 0 Å². The molecule has 0 radical (unpaired) electrons. The first-order valence-electron chi connectivity index (χ1n) is 4.04. The van der Waals surface area contributed by atoms with Gasteiger partial charge in [-0.05, 0) is 6.42 Å². The Morgan fingerprint density at radius 2 is 1.85 bits per heavy atom. The highest BCUT2D eigenvalue weighted by Gasteiger charge is 1.86. The molecule has 0 saturated heterocycles. The van der Waals surface area contributed by atoms with E-state index in [9.17, 15) is 0 Å². The van der Waals surface area contributed by atoms with E-state index < -0.39 is 6.03 Å². The average molecular weight is 185 g/mol. The maximum Gasteiger partial charge on any atom is 0.309 e. The Bertz CT molecular complexity index is 217. The van der Waals surface area contributed by atoms with Crippen LogP contribution in [-0.4, -0.2) is 20.8 Å². The third-order valence-corrected chi connectivity index (χ3v) is 1.24. The summed E-state index contributed by atoms with van der Waals surface area (Å²) in [6, 6.07) is -0.833. The normalized spacial score (nSPS) is 8.69. The predicted molar refractivity (Wildman–Crippen MR) is 48.7 cm³/mol. The molecule has 1 aromatic rings. The molecule has 1 heterocycles. The number of primary amides is 2. The van der Waals surface area contributed by atoms with Crippen molar-refractivity contribution in [2.75, 3.05) is 0 Å². The molecule has 0 bridgehead atoms. The molecular formula is C7H15N5O. The number of amides is 2. The summed E-state index contributed by atoms with van der Waals surface area (Å²) in [7, 11) is 0. The van der Waals surface area contributed by atoms with Crippen LogP contribution in [0.5, 0.6) is 0 Å². The van der Waals surface area contributed by atoms with Gasteiger partial charge < -0.3 is 16.0 Å². The van der Waals surface area contributed by atoms with Crippen LogP contribution in [0.1, 0.15) is 19.8 Å². The van der Waals surface area contributed by atoms with Crippen molar-refractivity contribution in [3.05, 3.63) is 12.7 Å². The molecule has 0 aromatic carbocycles. The topological polar surface area (TPSA) is 99.8 Å². The van der Waals surface area contributed by atoms with Crippen molar-refractivity contribution in [3.63, 3.8) is 0 Å². The third-order valence-electron chi connectivity index (χ3n) is 1.24. The molecule has 0 spiro atoms. The second-order valence-electron chi connectivity index (χ2n) is 2.46. The fourth-order valence-corrected chi connectivity index (χ4v) is 0.678. The fourth-order valence-electron chi connectivity index (χ4n) is 0.678. The second kappa shape index (κ2) is 7.08. The lowest BCUT2D eigenvalue weighted by Gasteiger charge is -1.95.